The maximum absolute atomic E-state index is 12.2. The number of pyridine rings is 1. The van der Waals surface area contributed by atoms with Crippen LogP contribution in [0.4, 0.5) is 5.69 Å². The molecule has 2 rings (SSSR count). The van der Waals surface area contributed by atoms with Crippen LogP contribution in [0.2, 0.25) is 0 Å². The SMILES string of the molecule is CNc1cc(C(=O)NCCCCSC)nc2ccccc12. The molecule has 1 heterocycles. The summed E-state index contributed by atoms with van der Waals surface area (Å²) in [4.78, 5) is 16.6. The van der Waals surface area contributed by atoms with Gasteiger partial charge in [-0.25, -0.2) is 4.98 Å². The highest BCUT2D eigenvalue weighted by Gasteiger charge is 2.10. The van der Waals surface area contributed by atoms with Crippen molar-refractivity contribution in [1.29, 1.82) is 0 Å². The molecular weight excluding hydrogens is 282 g/mol. The van der Waals surface area contributed by atoms with Crippen LogP contribution in [0.3, 0.4) is 0 Å². The van der Waals surface area contributed by atoms with Gasteiger partial charge in [-0.05, 0) is 37.0 Å². The zero-order valence-corrected chi connectivity index (χ0v) is 13.3. The van der Waals surface area contributed by atoms with E-state index in [0.29, 0.717) is 12.2 Å². The van der Waals surface area contributed by atoms with Crippen molar-refractivity contribution in [3.63, 3.8) is 0 Å². The Hall–Kier alpha value is -1.75. The van der Waals surface area contributed by atoms with Gasteiger partial charge in [-0.15, -0.1) is 0 Å². The predicted octanol–water partition coefficient (Wildman–Crippen LogP) is 3.15. The number of unbranched alkanes of at least 4 members (excludes halogenated alkanes) is 1. The molecule has 0 aliphatic heterocycles. The molecule has 2 aromatic rings. The molecule has 0 spiro atoms. The third kappa shape index (κ3) is 4.11. The summed E-state index contributed by atoms with van der Waals surface area (Å²) in [7, 11) is 1.85. The Morgan fingerprint density at radius 1 is 1.29 bits per heavy atom. The van der Waals surface area contributed by atoms with Crippen LogP contribution in [0.1, 0.15) is 23.3 Å². The Morgan fingerprint density at radius 2 is 2.10 bits per heavy atom. The first-order chi connectivity index (χ1) is 10.3. The van der Waals surface area contributed by atoms with Crippen molar-refractivity contribution in [1.82, 2.24) is 10.3 Å². The molecule has 1 aromatic heterocycles. The highest BCUT2D eigenvalue weighted by molar-refractivity contribution is 7.98. The number of thioether (sulfide) groups is 1. The van der Waals surface area contributed by atoms with E-state index in [1.54, 1.807) is 6.07 Å². The molecule has 0 radical (unpaired) electrons. The van der Waals surface area contributed by atoms with Gasteiger partial charge in [0.25, 0.3) is 5.91 Å². The molecule has 0 atom stereocenters. The van der Waals surface area contributed by atoms with Crippen molar-refractivity contribution >= 4 is 34.3 Å². The van der Waals surface area contributed by atoms with E-state index in [4.69, 9.17) is 0 Å². The number of hydrogen-bond acceptors (Lipinski definition) is 4. The van der Waals surface area contributed by atoms with Gasteiger partial charge in [0, 0.05) is 24.7 Å². The number of carbonyl (C=O) groups excluding carboxylic acids is 1. The Balaban J connectivity index is 2.09. The third-order valence-electron chi connectivity index (χ3n) is 3.28. The highest BCUT2D eigenvalue weighted by atomic mass is 32.2. The number of para-hydroxylation sites is 1. The number of hydrogen-bond donors (Lipinski definition) is 2. The molecule has 0 saturated heterocycles. The van der Waals surface area contributed by atoms with Crippen LogP contribution in [-0.4, -0.2) is 36.5 Å². The minimum absolute atomic E-state index is 0.110. The molecule has 0 bridgehead atoms. The van der Waals surface area contributed by atoms with Gasteiger partial charge in [-0.3, -0.25) is 4.79 Å². The van der Waals surface area contributed by atoms with Crippen molar-refractivity contribution in [2.45, 2.75) is 12.8 Å². The van der Waals surface area contributed by atoms with E-state index < -0.39 is 0 Å². The lowest BCUT2D eigenvalue weighted by atomic mass is 10.1. The number of amides is 1. The van der Waals surface area contributed by atoms with Gasteiger partial charge in [0.15, 0.2) is 0 Å². The average Bonchev–Trinajstić information content (AvgIpc) is 2.53. The largest absolute Gasteiger partial charge is 0.388 e. The summed E-state index contributed by atoms with van der Waals surface area (Å²) < 4.78 is 0. The molecule has 0 saturated carbocycles. The maximum Gasteiger partial charge on any atom is 0.269 e. The van der Waals surface area contributed by atoms with Crippen molar-refractivity contribution in [2.75, 3.05) is 30.9 Å². The first-order valence-electron chi connectivity index (χ1n) is 7.11. The highest BCUT2D eigenvalue weighted by Crippen LogP contribution is 2.22. The maximum atomic E-state index is 12.2. The van der Waals surface area contributed by atoms with Crippen LogP contribution in [-0.2, 0) is 0 Å². The van der Waals surface area contributed by atoms with Gasteiger partial charge in [0.1, 0.15) is 5.69 Å². The first-order valence-corrected chi connectivity index (χ1v) is 8.50. The smallest absolute Gasteiger partial charge is 0.269 e. The lowest BCUT2D eigenvalue weighted by Crippen LogP contribution is -2.25. The number of rotatable bonds is 7. The first kappa shape index (κ1) is 15.6. The Labute approximate surface area is 129 Å². The van der Waals surface area contributed by atoms with E-state index in [1.807, 2.05) is 43.1 Å². The van der Waals surface area contributed by atoms with Gasteiger partial charge < -0.3 is 10.6 Å². The van der Waals surface area contributed by atoms with E-state index in [9.17, 15) is 4.79 Å². The molecule has 112 valence electrons. The number of aromatic nitrogens is 1. The average molecular weight is 303 g/mol. The number of carbonyl (C=O) groups is 1. The Kier molecular flexibility index (Phi) is 5.87. The lowest BCUT2D eigenvalue weighted by molar-refractivity contribution is 0.0948. The Morgan fingerprint density at radius 3 is 2.86 bits per heavy atom. The van der Waals surface area contributed by atoms with E-state index in [1.165, 1.54) is 0 Å². The summed E-state index contributed by atoms with van der Waals surface area (Å²) >= 11 is 1.83. The van der Waals surface area contributed by atoms with Crippen molar-refractivity contribution < 1.29 is 4.79 Å². The normalized spacial score (nSPS) is 10.6. The standard InChI is InChI=1S/C16H21N3OS/c1-17-14-11-15(16(20)18-9-5-6-10-21-2)19-13-8-4-3-7-12(13)14/h3-4,7-8,11H,5-6,9-10H2,1-2H3,(H,17,19)(H,18,20). The van der Waals surface area contributed by atoms with Crippen molar-refractivity contribution in [3.8, 4) is 0 Å². The van der Waals surface area contributed by atoms with Crippen molar-refractivity contribution in [2.24, 2.45) is 0 Å². The molecule has 1 aromatic carbocycles. The van der Waals surface area contributed by atoms with E-state index in [2.05, 4.69) is 21.9 Å². The molecule has 0 unspecified atom stereocenters. The summed E-state index contributed by atoms with van der Waals surface area (Å²) in [6, 6.07) is 9.62. The number of anilines is 1. The molecule has 2 N–H and O–H groups in total. The monoisotopic (exact) mass is 303 g/mol. The number of benzene rings is 1. The summed E-state index contributed by atoms with van der Waals surface area (Å²) in [6.07, 6.45) is 4.21. The van der Waals surface area contributed by atoms with Gasteiger partial charge in [-0.2, -0.15) is 11.8 Å². The number of fused-ring (bicyclic) bond motifs is 1. The fraction of sp³-hybridized carbons (Fsp3) is 0.375. The summed E-state index contributed by atoms with van der Waals surface area (Å²) in [6.45, 7) is 0.697. The van der Waals surface area contributed by atoms with Crippen molar-refractivity contribution in [3.05, 3.63) is 36.0 Å². The molecule has 5 heteroatoms. The fourth-order valence-electron chi connectivity index (χ4n) is 2.16. The van der Waals surface area contributed by atoms with Crippen LogP contribution in [0.5, 0.6) is 0 Å². The topological polar surface area (TPSA) is 54.0 Å². The zero-order valence-electron chi connectivity index (χ0n) is 12.5. The molecule has 0 aliphatic carbocycles. The predicted molar refractivity (Wildman–Crippen MR) is 91.2 cm³/mol. The molecule has 21 heavy (non-hydrogen) atoms. The van der Waals surface area contributed by atoms with Crippen LogP contribution in [0.15, 0.2) is 30.3 Å². The van der Waals surface area contributed by atoms with Gasteiger partial charge in [0.05, 0.1) is 5.52 Å². The van der Waals surface area contributed by atoms with Gasteiger partial charge >= 0.3 is 0 Å². The van der Waals surface area contributed by atoms with Crippen LogP contribution in [0.25, 0.3) is 10.9 Å². The van der Waals surface area contributed by atoms with E-state index in [0.717, 1.165) is 35.2 Å². The second-order valence-corrected chi connectivity index (χ2v) is 5.76. The zero-order chi connectivity index (χ0) is 15.1. The third-order valence-corrected chi connectivity index (χ3v) is 3.98. The van der Waals surface area contributed by atoms with Crippen LogP contribution >= 0.6 is 11.8 Å². The summed E-state index contributed by atoms with van der Waals surface area (Å²) in [5.74, 6) is 1.02. The second kappa shape index (κ2) is 7.88. The van der Waals surface area contributed by atoms with E-state index >= 15 is 0 Å². The van der Waals surface area contributed by atoms with Crippen LogP contribution < -0.4 is 10.6 Å². The second-order valence-electron chi connectivity index (χ2n) is 4.78. The molecule has 0 fully saturated rings. The molecular formula is C16H21N3OS. The number of nitrogens with zero attached hydrogens (tertiary/aromatic N) is 1. The summed E-state index contributed by atoms with van der Waals surface area (Å²) in [5, 5.41) is 7.09. The van der Waals surface area contributed by atoms with Gasteiger partial charge in [0.2, 0.25) is 0 Å². The molecule has 1 amide bonds. The molecule has 4 nitrogen and oxygen atoms in total. The minimum Gasteiger partial charge on any atom is -0.388 e. The number of nitrogens with one attached hydrogen (secondary N) is 2. The van der Waals surface area contributed by atoms with Crippen LogP contribution in [0, 0.1) is 0 Å². The Bertz CT molecular complexity index is 615. The lowest BCUT2D eigenvalue weighted by Gasteiger charge is -2.09. The fourth-order valence-corrected chi connectivity index (χ4v) is 2.66. The molecule has 0 aliphatic rings. The minimum atomic E-state index is -0.110. The van der Waals surface area contributed by atoms with E-state index in [-0.39, 0.29) is 5.91 Å². The summed E-state index contributed by atoms with van der Waals surface area (Å²) in [5.41, 5.74) is 2.22. The quantitative estimate of drug-likeness (QED) is 0.772. The van der Waals surface area contributed by atoms with Gasteiger partial charge in [-0.1, -0.05) is 18.2 Å².